The zero-order valence-electron chi connectivity index (χ0n) is 14.1. The first-order valence-electron chi connectivity index (χ1n) is 8.38. The Morgan fingerprint density at radius 1 is 0.792 bits per heavy atom. The quantitative estimate of drug-likeness (QED) is 0.605. The molecule has 0 aromatic heterocycles. The van der Waals surface area contributed by atoms with Crippen molar-refractivity contribution in [2.75, 3.05) is 0 Å². The molecule has 130 valence electrons. The fourth-order valence-electron chi connectivity index (χ4n) is 2.90. The van der Waals surface area contributed by atoms with Gasteiger partial charge in [0.15, 0.2) is 17.2 Å². The zero-order chi connectivity index (χ0) is 17.9. The van der Waals surface area contributed by atoms with Crippen molar-refractivity contribution in [3.63, 3.8) is 0 Å². The van der Waals surface area contributed by atoms with Crippen molar-refractivity contribution in [2.24, 2.45) is 0 Å². The van der Waals surface area contributed by atoms with Gasteiger partial charge in [-0.1, -0.05) is 38.8 Å². The lowest BCUT2D eigenvalue weighted by molar-refractivity contribution is 0.368. The van der Waals surface area contributed by atoms with Gasteiger partial charge in [-0.05, 0) is 36.6 Å². The van der Waals surface area contributed by atoms with Crippen molar-refractivity contribution in [2.45, 2.75) is 52.4 Å². The summed E-state index contributed by atoms with van der Waals surface area (Å²) in [5.41, 5.74) is 0.181. The van der Waals surface area contributed by atoms with E-state index in [1.807, 2.05) is 13.8 Å². The third kappa shape index (κ3) is 3.11. The Labute approximate surface area is 140 Å². The number of aromatic hydroxyl groups is 4. The van der Waals surface area contributed by atoms with E-state index in [4.69, 9.17) is 0 Å². The SMILES string of the molecule is CCCCc1ccc2c(CCCC)c(O)c(O)c(O)c2c(=O)c1O. The Bertz CT molecular complexity index is 811. The standard InChI is InChI=1S/C19H24O5/c1-3-5-7-11-9-10-12-13(8-6-4-2)16(21)19(24)18(23)14(12)17(22)15(11)20/h9-10,21,23-24H,3-8H2,1-2H3,(H,20,22). The Hall–Kier alpha value is -2.43. The van der Waals surface area contributed by atoms with Gasteiger partial charge in [0.1, 0.15) is 0 Å². The summed E-state index contributed by atoms with van der Waals surface area (Å²) in [6.07, 6.45) is 4.37. The topological polar surface area (TPSA) is 98.0 Å². The van der Waals surface area contributed by atoms with Crippen LogP contribution in [-0.2, 0) is 12.8 Å². The van der Waals surface area contributed by atoms with Gasteiger partial charge in [0, 0.05) is 5.56 Å². The number of benzene rings is 1. The summed E-state index contributed by atoms with van der Waals surface area (Å²) in [7, 11) is 0. The van der Waals surface area contributed by atoms with Crippen molar-refractivity contribution in [1.29, 1.82) is 0 Å². The zero-order valence-corrected chi connectivity index (χ0v) is 14.1. The predicted molar refractivity (Wildman–Crippen MR) is 94.1 cm³/mol. The first-order chi connectivity index (χ1) is 11.4. The minimum atomic E-state index is -0.730. The number of hydrogen-bond acceptors (Lipinski definition) is 5. The van der Waals surface area contributed by atoms with Crippen molar-refractivity contribution in [3.8, 4) is 23.0 Å². The van der Waals surface area contributed by atoms with Crippen LogP contribution in [0.4, 0.5) is 0 Å². The Balaban J connectivity index is 2.87. The number of aryl methyl sites for hydroxylation is 2. The molecule has 0 fully saturated rings. The minimum absolute atomic E-state index is 0.156. The molecule has 0 radical (unpaired) electrons. The van der Waals surface area contributed by atoms with Crippen molar-refractivity contribution in [1.82, 2.24) is 0 Å². The van der Waals surface area contributed by atoms with Crippen LogP contribution < -0.4 is 5.43 Å². The highest BCUT2D eigenvalue weighted by Crippen LogP contribution is 2.44. The van der Waals surface area contributed by atoms with E-state index >= 15 is 0 Å². The third-order valence-corrected chi connectivity index (χ3v) is 4.34. The second kappa shape index (κ2) is 7.43. The molecule has 0 aliphatic heterocycles. The van der Waals surface area contributed by atoms with E-state index in [2.05, 4.69) is 0 Å². The van der Waals surface area contributed by atoms with Gasteiger partial charge in [0.25, 0.3) is 0 Å². The molecule has 0 unspecified atom stereocenters. The fourth-order valence-corrected chi connectivity index (χ4v) is 2.90. The summed E-state index contributed by atoms with van der Waals surface area (Å²) in [6, 6.07) is 3.28. The van der Waals surface area contributed by atoms with Crippen molar-refractivity contribution >= 4 is 10.8 Å². The van der Waals surface area contributed by atoms with E-state index in [0.717, 1.165) is 25.7 Å². The van der Waals surface area contributed by atoms with E-state index in [-0.39, 0.29) is 5.39 Å². The number of unbranched alkanes of at least 4 members (excludes halogenated alkanes) is 2. The molecule has 2 rings (SSSR count). The Kier molecular flexibility index (Phi) is 5.54. The van der Waals surface area contributed by atoms with Crippen LogP contribution in [0.3, 0.4) is 0 Å². The molecule has 0 saturated carbocycles. The van der Waals surface area contributed by atoms with Crippen LogP contribution in [0, 0.1) is 0 Å². The van der Waals surface area contributed by atoms with Crippen LogP contribution in [-0.4, -0.2) is 20.4 Å². The van der Waals surface area contributed by atoms with Gasteiger partial charge in [0.05, 0.1) is 5.39 Å². The molecule has 24 heavy (non-hydrogen) atoms. The number of rotatable bonds is 6. The van der Waals surface area contributed by atoms with E-state index in [1.165, 1.54) is 0 Å². The molecule has 0 aliphatic carbocycles. The maximum absolute atomic E-state index is 12.6. The van der Waals surface area contributed by atoms with Gasteiger partial charge in [-0.3, -0.25) is 4.79 Å². The van der Waals surface area contributed by atoms with Gasteiger partial charge in [-0.2, -0.15) is 0 Å². The monoisotopic (exact) mass is 332 g/mol. The van der Waals surface area contributed by atoms with E-state index < -0.39 is 28.4 Å². The maximum Gasteiger partial charge on any atom is 0.232 e. The molecular formula is C19H24O5. The van der Waals surface area contributed by atoms with E-state index in [0.29, 0.717) is 29.4 Å². The first-order valence-corrected chi connectivity index (χ1v) is 8.38. The smallest absolute Gasteiger partial charge is 0.232 e. The molecule has 4 N–H and O–H groups in total. The number of hydrogen-bond donors (Lipinski definition) is 4. The number of fused-ring (bicyclic) bond motifs is 1. The largest absolute Gasteiger partial charge is 0.504 e. The minimum Gasteiger partial charge on any atom is -0.504 e. The summed E-state index contributed by atoms with van der Waals surface area (Å²) in [6.45, 7) is 4.01. The molecule has 0 heterocycles. The molecule has 5 heteroatoms. The average molecular weight is 332 g/mol. The number of phenols is 3. The molecule has 0 spiro atoms. The molecule has 2 aromatic carbocycles. The van der Waals surface area contributed by atoms with Crippen molar-refractivity contribution < 1.29 is 20.4 Å². The summed E-state index contributed by atoms with van der Waals surface area (Å²) < 4.78 is 0. The summed E-state index contributed by atoms with van der Waals surface area (Å²) in [5.74, 6) is -2.24. The fraction of sp³-hybridized carbons (Fsp3) is 0.421. The molecule has 2 aromatic rings. The van der Waals surface area contributed by atoms with Gasteiger partial charge < -0.3 is 20.4 Å². The summed E-state index contributed by atoms with van der Waals surface area (Å²) in [5, 5.41) is 40.8. The van der Waals surface area contributed by atoms with Crippen LogP contribution in [0.1, 0.15) is 50.7 Å². The maximum atomic E-state index is 12.6. The predicted octanol–water partition coefficient (Wildman–Crippen LogP) is 3.71. The van der Waals surface area contributed by atoms with Crippen LogP contribution in [0.5, 0.6) is 23.0 Å². The highest BCUT2D eigenvalue weighted by molar-refractivity contribution is 5.96. The third-order valence-electron chi connectivity index (χ3n) is 4.34. The second-order valence-electron chi connectivity index (χ2n) is 6.06. The van der Waals surface area contributed by atoms with E-state index in [1.54, 1.807) is 12.1 Å². The highest BCUT2D eigenvalue weighted by Gasteiger charge is 2.21. The molecule has 0 aliphatic rings. The lowest BCUT2D eigenvalue weighted by atomic mass is 9.99. The molecular weight excluding hydrogens is 308 g/mol. The van der Waals surface area contributed by atoms with Crippen LogP contribution >= 0.6 is 0 Å². The highest BCUT2D eigenvalue weighted by atomic mass is 16.3. The van der Waals surface area contributed by atoms with Crippen LogP contribution in [0.2, 0.25) is 0 Å². The summed E-state index contributed by atoms with van der Waals surface area (Å²) in [4.78, 5) is 12.6. The summed E-state index contributed by atoms with van der Waals surface area (Å²) >= 11 is 0. The first kappa shape index (κ1) is 17.9. The van der Waals surface area contributed by atoms with Crippen LogP contribution in [0.15, 0.2) is 16.9 Å². The molecule has 0 amide bonds. The Morgan fingerprint density at radius 2 is 1.42 bits per heavy atom. The lowest BCUT2D eigenvalue weighted by Gasteiger charge is -2.11. The molecule has 0 bridgehead atoms. The molecule has 0 saturated heterocycles. The van der Waals surface area contributed by atoms with Gasteiger partial charge in [-0.25, -0.2) is 0 Å². The van der Waals surface area contributed by atoms with Crippen molar-refractivity contribution in [3.05, 3.63) is 33.5 Å². The Morgan fingerprint density at radius 3 is 2.04 bits per heavy atom. The van der Waals surface area contributed by atoms with E-state index in [9.17, 15) is 25.2 Å². The second-order valence-corrected chi connectivity index (χ2v) is 6.06. The van der Waals surface area contributed by atoms with Gasteiger partial charge in [-0.15, -0.1) is 0 Å². The molecule has 0 atom stereocenters. The lowest BCUT2D eigenvalue weighted by Crippen LogP contribution is -2.02. The van der Waals surface area contributed by atoms with Gasteiger partial charge in [0.2, 0.25) is 11.2 Å². The average Bonchev–Trinajstić information content (AvgIpc) is 2.69. The van der Waals surface area contributed by atoms with Gasteiger partial charge >= 0.3 is 0 Å². The normalized spacial score (nSPS) is 11.1. The van der Waals surface area contributed by atoms with Crippen LogP contribution in [0.25, 0.3) is 10.8 Å². The number of phenolic OH excluding ortho intramolecular Hbond substituents is 3. The molecule has 5 nitrogen and oxygen atoms in total.